The number of ether oxygens (including phenoxy) is 3. The van der Waals surface area contributed by atoms with Gasteiger partial charge in [0.2, 0.25) is 10.0 Å². The highest BCUT2D eigenvalue weighted by Crippen LogP contribution is 2.37. The molecule has 1 aliphatic carbocycles. The van der Waals surface area contributed by atoms with Crippen LogP contribution >= 0.6 is 0 Å². The van der Waals surface area contributed by atoms with Gasteiger partial charge in [0.15, 0.2) is 0 Å². The van der Waals surface area contributed by atoms with Crippen LogP contribution in [-0.2, 0) is 24.2 Å². The molecular weight excluding hydrogens is 294 g/mol. The molecule has 0 bridgehead atoms. The van der Waals surface area contributed by atoms with Crippen LogP contribution in [-0.4, -0.2) is 54.3 Å². The van der Waals surface area contributed by atoms with E-state index in [0.29, 0.717) is 33.0 Å². The molecule has 7 heteroatoms. The molecule has 0 heterocycles. The maximum absolute atomic E-state index is 11.4. The molecule has 0 unspecified atom stereocenters. The van der Waals surface area contributed by atoms with E-state index < -0.39 is 10.0 Å². The Hall–Kier alpha value is -0.210. The average molecular weight is 323 g/mol. The smallest absolute Gasteiger partial charge is 0.209 e. The molecule has 0 radical (unpaired) electrons. The van der Waals surface area contributed by atoms with Crippen LogP contribution in [0.15, 0.2) is 0 Å². The molecule has 0 amide bonds. The van der Waals surface area contributed by atoms with Crippen molar-refractivity contribution in [2.24, 2.45) is 10.6 Å². The topological polar surface area (TPSA) is 87.8 Å². The van der Waals surface area contributed by atoms with Gasteiger partial charge in [-0.05, 0) is 19.3 Å². The van der Waals surface area contributed by atoms with E-state index in [1.165, 1.54) is 0 Å². The normalized spacial score (nSPS) is 18.8. The first kappa shape index (κ1) is 18.8. The van der Waals surface area contributed by atoms with Crippen LogP contribution in [0.1, 0.15) is 38.5 Å². The Morgan fingerprint density at radius 3 is 2.29 bits per heavy atom. The van der Waals surface area contributed by atoms with Crippen molar-refractivity contribution in [3.8, 4) is 0 Å². The fraction of sp³-hybridized carbons (Fsp3) is 1.00. The number of rotatable bonds is 11. The van der Waals surface area contributed by atoms with Crippen molar-refractivity contribution in [3.05, 3.63) is 0 Å². The van der Waals surface area contributed by atoms with Gasteiger partial charge in [0, 0.05) is 25.7 Å². The van der Waals surface area contributed by atoms with Crippen LogP contribution in [0.25, 0.3) is 0 Å². The van der Waals surface area contributed by atoms with E-state index in [4.69, 9.17) is 19.3 Å². The molecule has 1 aliphatic rings. The maximum atomic E-state index is 11.4. The third kappa shape index (κ3) is 8.73. The SMILES string of the molecule is COCCCOCCOCC1(CS(N)(=O)=O)CCCCC1. The van der Waals surface area contributed by atoms with Crippen LogP contribution in [0.3, 0.4) is 0 Å². The average Bonchev–Trinajstić information content (AvgIpc) is 2.41. The van der Waals surface area contributed by atoms with E-state index in [9.17, 15) is 8.42 Å². The van der Waals surface area contributed by atoms with E-state index >= 15 is 0 Å². The fourth-order valence-corrected chi connectivity index (χ4v) is 4.10. The predicted molar refractivity (Wildman–Crippen MR) is 81.6 cm³/mol. The second-order valence-corrected chi connectivity index (χ2v) is 7.49. The summed E-state index contributed by atoms with van der Waals surface area (Å²) in [5.41, 5.74) is -0.304. The van der Waals surface area contributed by atoms with Gasteiger partial charge in [-0.1, -0.05) is 19.3 Å². The number of primary sulfonamides is 1. The molecule has 0 aromatic carbocycles. The van der Waals surface area contributed by atoms with Crippen molar-refractivity contribution in [1.82, 2.24) is 0 Å². The highest BCUT2D eigenvalue weighted by Gasteiger charge is 2.35. The van der Waals surface area contributed by atoms with Gasteiger partial charge in [-0.2, -0.15) is 0 Å². The zero-order valence-corrected chi connectivity index (χ0v) is 13.8. The van der Waals surface area contributed by atoms with Gasteiger partial charge in [-0.25, -0.2) is 13.6 Å². The maximum Gasteiger partial charge on any atom is 0.209 e. The quantitative estimate of drug-likeness (QED) is 0.579. The molecular formula is C14H29NO5S. The zero-order chi connectivity index (χ0) is 15.6. The third-order valence-corrected chi connectivity index (χ3v) is 4.85. The van der Waals surface area contributed by atoms with E-state index in [2.05, 4.69) is 0 Å². The Morgan fingerprint density at radius 2 is 1.67 bits per heavy atom. The Labute approximate surface area is 128 Å². The molecule has 21 heavy (non-hydrogen) atoms. The summed E-state index contributed by atoms with van der Waals surface area (Å²) in [7, 11) is -1.80. The lowest BCUT2D eigenvalue weighted by Gasteiger charge is -2.36. The minimum Gasteiger partial charge on any atom is -0.385 e. The standard InChI is InChI=1S/C14H29NO5S/c1-18-8-5-9-19-10-11-20-12-14(13-21(15,16)17)6-3-2-4-7-14/h2-13H2,1H3,(H2,15,16,17). The van der Waals surface area contributed by atoms with Crippen molar-refractivity contribution >= 4 is 10.0 Å². The molecule has 0 aliphatic heterocycles. The molecule has 1 saturated carbocycles. The lowest BCUT2D eigenvalue weighted by Crippen LogP contribution is -2.39. The van der Waals surface area contributed by atoms with Gasteiger partial charge < -0.3 is 14.2 Å². The summed E-state index contributed by atoms with van der Waals surface area (Å²) in [5.74, 6) is 0.0225. The summed E-state index contributed by atoms with van der Waals surface area (Å²) in [6.45, 7) is 2.80. The van der Waals surface area contributed by atoms with E-state index in [0.717, 1.165) is 38.5 Å². The van der Waals surface area contributed by atoms with E-state index in [1.54, 1.807) is 7.11 Å². The number of hydrogen-bond acceptors (Lipinski definition) is 5. The number of hydrogen-bond donors (Lipinski definition) is 1. The summed E-state index contributed by atoms with van der Waals surface area (Å²) in [5, 5.41) is 5.23. The summed E-state index contributed by atoms with van der Waals surface area (Å²) >= 11 is 0. The van der Waals surface area contributed by atoms with Gasteiger partial charge in [0.25, 0.3) is 0 Å². The minimum atomic E-state index is -3.46. The van der Waals surface area contributed by atoms with Gasteiger partial charge >= 0.3 is 0 Å². The number of nitrogens with two attached hydrogens (primary N) is 1. The summed E-state index contributed by atoms with van der Waals surface area (Å²) in [6, 6.07) is 0. The van der Waals surface area contributed by atoms with Gasteiger partial charge in [0.1, 0.15) is 0 Å². The van der Waals surface area contributed by atoms with Crippen LogP contribution in [0.5, 0.6) is 0 Å². The van der Waals surface area contributed by atoms with Crippen LogP contribution in [0.2, 0.25) is 0 Å². The molecule has 0 aromatic rings. The second kappa shape index (κ2) is 9.74. The lowest BCUT2D eigenvalue weighted by atomic mass is 9.76. The summed E-state index contributed by atoms with van der Waals surface area (Å²) in [6.07, 6.45) is 5.87. The first-order valence-electron chi connectivity index (χ1n) is 7.62. The Morgan fingerprint density at radius 1 is 1.00 bits per heavy atom. The second-order valence-electron chi connectivity index (χ2n) is 5.88. The zero-order valence-electron chi connectivity index (χ0n) is 13.0. The fourth-order valence-electron chi connectivity index (χ4n) is 2.87. The molecule has 0 aromatic heterocycles. The Bertz CT molecular complexity index is 366. The van der Waals surface area contributed by atoms with Crippen molar-refractivity contribution < 1.29 is 22.6 Å². The number of sulfonamides is 1. The van der Waals surface area contributed by atoms with Crippen molar-refractivity contribution in [1.29, 1.82) is 0 Å². The molecule has 0 saturated heterocycles. The molecule has 0 spiro atoms. The van der Waals surface area contributed by atoms with Gasteiger partial charge in [-0.3, -0.25) is 0 Å². The van der Waals surface area contributed by atoms with Gasteiger partial charge in [0.05, 0.1) is 25.6 Å². The Balaban J connectivity index is 2.24. The van der Waals surface area contributed by atoms with E-state index in [1.807, 2.05) is 0 Å². The molecule has 1 fully saturated rings. The van der Waals surface area contributed by atoms with Crippen LogP contribution in [0.4, 0.5) is 0 Å². The van der Waals surface area contributed by atoms with Crippen molar-refractivity contribution in [2.45, 2.75) is 38.5 Å². The monoisotopic (exact) mass is 323 g/mol. The molecule has 2 N–H and O–H groups in total. The summed E-state index contributed by atoms with van der Waals surface area (Å²) < 4.78 is 38.8. The van der Waals surface area contributed by atoms with Gasteiger partial charge in [-0.15, -0.1) is 0 Å². The summed E-state index contributed by atoms with van der Waals surface area (Å²) in [4.78, 5) is 0. The molecule has 126 valence electrons. The highest BCUT2D eigenvalue weighted by molar-refractivity contribution is 7.89. The Kier molecular flexibility index (Phi) is 8.73. The van der Waals surface area contributed by atoms with E-state index in [-0.39, 0.29) is 11.2 Å². The first-order valence-corrected chi connectivity index (χ1v) is 9.34. The minimum absolute atomic E-state index is 0.0225. The van der Waals surface area contributed by atoms with Crippen molar-refractivity contribution in [3.63, 3.8) is 0 Å². The molecule has 0 atom stereocenters. The number of methoxy groups -OCH3 is 1. The van der Waals surface area contributed by atoms with Crippen LogP contribution < -0.4 is 5.14 Å². The largest absolute Gasteiger partial charge is 0.385 e. The molecule has 1 rings (SSSR count). The van der Waals surface area contributed by atoms with Crippen LogP contribution in [0, 0.1) is 5.41 Å². The molecule has 6 nitrogen and oxygen atoms in total. The predicted octanol–water partition coefficient (Wildman–Crippen LogP) is 1.30. The van der Waals surface area contributed by atoms with Crippen molar-refractivity contribution in [2.75, 3.05) is 45.9 Å². The lowest BCUT2D eigenvalue weighted by molar-refractivity contribution is -0.00351. The third-order valence-electron chi connectivity index (χ3n) is 3.84. The first-order chi connectivity index (χ1) is 9.97. The highest BCUT2D eigenvalue weighted by atomic mass is 32.2.